The topological polar surface area (TPSA) is 88.7 Å². The second kappa shape index (κ2) is 12.5. The maximum absolute atomic E-state index is 12.5. The van der Waals surface area contributed by atoms with Crippen molar-refractivity contribution in [3.8, 4) is 5.75 Å². The molecule has 3 N–H and O–H groups in total. The van der Waals surface area contributed by atoms with Crippen molar-refractivity contribution < 1.29 is 19.1 Å². The Bertz CT molecular complexity index is 1150. The number of anilines is 2. The number of hydrogen-bond donors (Lipinski definition) is 3. The predicted molar refractivity (Wildman–Crippen MR) is 138 cm³/mol. The lowest BCUT2D eigenvalue weighted by Crippen LogP contribution is -2.34. The van der Waals surface area contributed by atoms with E-state index in [0.29, 0.717) is 48.1 Å². The van der Waals surface area contributed by atoms with E-state index < -0.39 is 0 Å². The number of benzene rings is 3. The van der Waals surface area contributed by atoms with E-state index in [1.165, 1.54) is 0 Å². The minimum atomic E-state index is -0.352. The van der Waals surface area contributed by atoms with E-state index in [2.05, 4.69) is 16.0 Å². The van der Waals surface area contributed by atoms with Gasteiger partial charge >= 0.3 is 0 Å². The third kappa shape index (κ3) is 7.68. The molecule has 0 bridgehead atoms. The average molecular weight is 478 g/mol. The summed E-state index contributed by atoms with van der Waals surface area (Å²) in [4.78, 5) is 24.9. The Balaban J connectivity index is 1.51. The van der Waals surface area contributed by atoms with Crippen LogP contribution in [0.25, 0.3) is 0 Å². The molecule has 0 aliphatic heterocycles. The summed E-state index contributed by atoms with van der Waals surface area (Å²) >= 11 is 5.26. The van der Waals surface area contributed by atoms with Gasteiger partial charge in [0.2, 0.25) is 0 Å². The molecule has 3 aromatic carbocycles. The Morgan fingerprint density at radius 2 is 1.47 bits per heavy atom. The van der Waals surface area contributed by atoms with Gasteiger partial charge in [-0.2, -0.15) is 0 Å². The van der Waals surface area contributed by atoms with Crippen molar-refractivity contribution in [1.82, 2.24) is 5.32 Å². The van der Waals surface area contributed by atoms with Gasteiger partial charge in [0.05, 0.1) is 6.61 Å². The molecule has 0 aliphatic carbocycles. The molecule has 0 radical (unpaired) electrons. The highest BCUT2D eigenvalue weighted by atomic mass is 32.1. The molecule has 0 saturated carbocycles. The molecule has 3 aromatic rings. The van der Waals surface area contributed by atoms with Crippen LogP contribution in [0.2, 0.25) is 0 Å². The number of aryl methyl sites for hydroxylation is 1. The fraction of sp³-hybridized carbons (Fsp3) is 0.192. The molecule has 0 spiro atoms. The van der Waals surface area contributed by atoms with Crippen molar-refractivity contribution in [2.24, 2.45) is 0 Å². The summed E-state index contributed by atoms with van der Waals surface area (Å²) in [7, 11) is 0. The van der Waals surface area contributed by atoms with E-state index in [1.807, 2.05) is 32.0 Å². The van der Waals surface area contributed by atoms with Crippen molar-refractivity contribution in [3.63, 3.8) is 0 Å². The maximum Gasteiger partial charge on any atom is 0.257 e. The van der Waals surface area contributed by atoms with E-state index in [1.54, 1.807) is 54.6 Å². The highest BCUT2D eigenvalue weighted by Crippen LogP contribution is 2.16. The zero-order valence-electron chi connectivity index (χ0n) is 19.1. The van der Waals surface area contributed by atoms with Gasteiger partial charge < -0.3 is 20.1 Å². The van der Waals surface area contributed by atoms with Crippen LogP contribution in [0.15, 0.2) is 72.8 Å². The largest absolute Gasteiger partial charge is 0.491 e. The fourth-order valence-corrected chi connectivity index (χ4v) is 3.26. The van der Waals surface area contributed by atoms with Crippen LogP contribution in [0, 0.1) is 6.92 Å². The smallest absolute Gasteiger partial charge is 0.257 e. The van der Waals surface area contributed by atoms with Crippen LogP contribution in [0.5, 0.6) is 5.75 Å². The number of hydrogen-bond acceptors (Lipinski definition) is 5. The summed E-state index contributed by atoms with van der Waals surface area (Å²) in [5.41, 5.74) is 3.35. The summed E-state index contributed by atoms with van der Waals surface area (Å²) in [6, 6.07) is 21.3. The number of amides is 2. The van der Waals surface area contributed by atoms with Gasteiger partial charge in [0.25, 0.3) is 11.8 Å². The lowest BCUT2D eigenvalue weighted by atomic mass is 10.1. The van der Waals surface area contributed by atoms with Crippen LogP contribution < -0.4 is 20.7 Å². The molecule has 0 saturated heterocycles. The number of carbonyl (C=O) groups excluding carboxylic acids is 2. The average Bonchev–Trinajstić information content (AvgIpc) is 2.83. The molecule has 7 nitrogen and oxygen atoms in total. The van der Waals surface area contributed by atoms with Crippen molar-refractivity contribution >= 4 is 40.5 Å². The van der Waals surface area contributed by atoms with Crippen molar-refractivity contribution in [2.45, 2.75) is 13.8 Å². The first kappa shape index (κ1) is 24.9. The molecule has 8 heteroatoms. The monoisotopic (exact) mass is 477 g/mol. The first-order chi connectivity index (χ1) is 16.4. The fourth-order valence-electron chi connectivity index (χ4n) is 3.05. The normalized spacial score (nSPS) is 10.3. The Labute approximate surface area is 204 Å². The predicted octanol–water partition coefficient (Wildman–Crippen LogP) is 4.79. The Kier molecular flexibility index (Phi) is 9.13. The summed E-state index contributed by atoms with van der Waals surface area (Å²) in [6.45, 7) is 5.37. The first-order valence-electron chi connectivity index (χ1n) is 10.9. The molecule has 0 unspecified atom stereocenters. The quantitative estimate of drug-likeness (QED) is 0.303. The minimum Gasteiger partial charge on any atom is -0.491 e. The molecular formula is C26H27N3O4S. The third-order valence-electron chi connectivity index (χ3n) is 4.70. The summed E-state index contributed by atoms with van der Waals surface area (Å²) < 4.78 is 10.8. The number of rotatable bonds is 9. The van der Waals surface area contributed by atoms with Gasteiger partial charge in [-0.1, -0.05) is 23.8 Å². The zero-order chi connectivity index (χ0) is 24.3. The summed E-state index contributed by atoms with van der Waals surface area (Å²) in [6.07, 6.45) is 0. The molecule has 0 heterocycles. The van der Waals surface area contributed by atoms with Crippen LogP contribution in [0.3, 0.4) is 0 Å². The first-order valence-corrected chi connectivity index (χ1v) is 11.3. The lowest BCUT2D eigenvalue weighted by Gasteiger charge is -2.12. The molecule has 0 fully saturated rings. The van der Waals surface area contributed by atoms with E-state index in [-0.39, 0.29) is 16.9 Å². The molecule has 3 rings (SSSR count). The minimum absolute atomic E-state index is 0.157. The molecular weight excluding hydrogens is 450 g/mol. The molecule has 34 heavy (non-hydrogen) atoms. The van der Waals surface area contributed by atoms with Crippen LogP contribution >= 0.6 is 12.2 Å². The van der Waals surface area contributed by atoms with Crippen molar-refractivity contribution in [2.75, 3.05) is 30.5 Å². The van der Waals surface area contributed by atoms with Crippen LogP contribution in [-0.2, 0) is 4.74 Å². The molecule has 0 atom stereocenters. The van der Waals surface area contributed by atoms with Gasteiger partial charge in [-0.25, -0.2) is 0 Å². The van der Waals surface area contributed by atoms with Gasteiger partial charge in [-0.15, -0.1) is 0 Å². The molecule has 176 valence electrons. The van der Waals surface area contributed by atoms with Crippen LogP contribution in [-0.4, -0.2) is 36.7 Å². The highest BCUT2D eigenvalue weighted by Gasteiger charge is 2.10. The molecule has 0 aromatic heterocycles. The molecule has 0 aliphatic rings. The Hall–Kier alpha value is -3.75. The number of nitrogens with one attached hydrogen (secondary N) is 3. The van der Waals surface area contributed by atoms with Crippen molar-refractivity contribution in [3.05, 3.63) is 89.5 Å². The lowest BCUT2D eigenvalue weighted by molar-refractivity contribution is 0.0974. The van der Waals surface area contributed by atoms with Crippen LogP contribution in [0.4, 0.5) is 11.4 Å². The standard InChI is InChI=1S/C26H27N3O4S/c1-3-32-14-15-33-23-9-5-8-20(17-23)25(31)29-26(34)28-22-12-10-21(11-13-22)27-24(30)19-7-4-6-18(2)16-19/h4-13,16-17H,3,14-15H2,1-2H3,(H,27,30)(H2,28,29,31,34). The molecule has 2 amide bonds. The Morgan fingerprint density at radius 1 is 0.824 bits per heavy atom. The SMILES string of the molecule is CCOCCOc1cccc(C(=O)NC(=S)Nc2ccc(NC(=O)c3cccc(C)c3)cc2)c1. The second-order valence-corrected chi connectivity index (χ2v) is 7.79. The van der Waals surface area contributed by atoms with E-state index in [4.69, 9.17) is 21.7 Å². The van der Waals surface area contributed by atoms with E-state index >= 15 is 0 Å². The highest BCUT2D eigenvalue weighted by molar-refractivity contribution is 7.80. The zero-order valence-corrected chi connectivity index (χ0v) is 19.9. The number of carbonyl (C=O) groups is 2. The maximum atomic E-state index is 12.5. The van der Waals surface area contributed by atoms with Crippen molar-refractivity contribution in [1.29, 1.82) is 0 Å². The number of thiocarbonyl (C=S) groups is 1. The summed E-state index contributed by atoms with van der Waals surface area (Å²) in [5.74, 6) is 0.0422. The number of ether oxygens (including phenoxy) is 2. The van der Waals surface area contributed by atoms with E-state index in [9.17, 15) is 9.59 Å². The van der Waals surface area contributed by atoms with Gasteiger partial charge in [0, 0.05) is 29.1 Å². The van der Waals surface area contributed by atoms with Gasteiger partial charge in [-0.05, 0) is 80.7 Å². The summed E-state index contributed by atoms with van der Waals surface area (Å²) in [5, 5.41) is 8.63. The van der Waals surface area contributed by atoms with Gasteiger partial charge in [-0.3, -0.25) is 14.9 Å². The third-order valence-corrected chi connectivity index (χ3v) is 4.91. The van der Waals surface area contributed by atoms with E-state index in [0.717, 1.165) is 5.56 Å². The van der Waals surface area contributed by atoms with Gasteiger partial charge in [0.15, 0.2) is 5.11 Å². The van der Waals surface area contributed by atoms with Gasteiger partial charge in [0.1, 0.15) is 12.4 Å². The van der Waals surface area contributed by atoms with Crippen LogP contribution in [0.1, 0.15) is 33.2 Å². The Morgan fingerprint density at radius 3 is 2.15 bits per heavy atom. The second-order valence-electron chi connectivity index (χ2n) is 7.38.